The summed E-state index contributed by atoms with van der Waals surface area (Å²) in [6.07, 6.45) is 4.09. The Balaban J connectivity index is 1.91. The maximum absolute atomic E-state index is 12.2. The quantitative estimate of drug-likeness (QED) is 0.914. The van der Waals surface area contributed by atoms with Crippen LogP contribution in [-0.2, 0) is 17.7 Å². The van der Waals surface area contributed by atoms with Gasteiger partial charge in [0.15, 0.2) is 0 Å². The molecule has 0 unspecified atom stereocenters. The third-order valence-corrected chi connectivity index (χ3v) is 3.58. The van der Waals surface area contributed by atoms with Crippen LogP contribution in [0.2, 0.25) is 0 Å². The molecule has 21 heavy (non-hydrogen) atoms. The molecule has 2 aromatic rings. The molecule has 1 aliphatic rings. The molecule has 0 spiro atoms. The first-order valence-corrected chi connectivity index (χ1v) is 7.10. The van der Waals surface area contributed by atoms with Crippen molar-refractivity contribution < 1.29 is 4.74 Å². The summed E-state index contributed by atoms with van der Waals surface area (Å²) >= 11 is 0. The van der Waals surface area contributed by atoms with Gasteiger partial charge in [-0.05, 0) is 25.5 Å². The Bertz CT molecular complexity index is 669. The molecule has 1 aliphatic heterocycles. The van der Waals surface area contributed by atoms with E-state index in [1.54, 1.807) is 12.4 Å². The maximum atomic E-state index is 12.2. The van der Waals surface area contributed by atoms with E-state index >= 15 is 0 Å². The van der Waals surface area contributed by atoms with Gasteiger partial charge in [0.05, 0.1) is 12.4 Å². The summed E-state index contributed by atoms with van der Waals surface area (Å²) in [4.78, 5) is 25.8. The Labute approximate surface area is 122 Å². The van der Waals surface area contributed by atoms with Crippen molar-refractivity contribution in [3.63, 3.8) is 0 Å². The molecule has 0 aliphatic carbocycles. The fourth-order valence-corrected chi connectivity index (χ4v) is 2.47. The summed E-state index contributed by atoms with van der Waals surface area (Å²) in [5.41, 5.74) is 2.46. The number of hydrogen-bond acceptors (Lipinski definition) is 5. The van der Waals surface area contributed by atoms with Crippen molar-refractivity contribution in [1.29, 1.82) is 0 Å². The molecule has 0 aromatic carbocycles. The number of rotatable bonds is 4. The van der Waals surface area contributed by atoms with E-state index in [1.807, 2.05) is 19.1 Å². The van der Waals surface area contributed by atoms with Crippen molar-refractivity contribution in [3.8, 4) is 11.4 Å². The molecule has 0 saturated carbocycles. The normalized spacial score (nSPS) is 14.9. The summed E-state index contributed by atoms with van der Waals surface area (Å²) < 4.78 is 5.44. The van der Waals surface area contributed by atoms with Crippen LogP contribution in [0.4, 0.5) is 0 Å². The van der Waals surface area contributed by atoms with Crippen LogP contribution in [0.15, 0.2) is 29.3 Å². The van der Waals surface area contributed by atoms with Crippen molar-refractivity contribution in [2.75, 3.05) is 19.9 Å². The van der Waals surface area contributed by atoms with Crippen LogP contribution >= 0.6 is 0 Å². The van der Waals surface area contributed by atoms with Gasteiger partial charge < -0.3 is 9.72 Å². The predicted molar refractivity (Wildman–Crippen MR) is 78.7 cm³/mol. The lowest BCUT2D eigenvalue weighted by Gasteiger charge is -2.27. The molecule has 0 saturated heterocycles. The van der Waals surface area contributed by atoms with E-state index in [-0.39, 0.29) is 5.56 Å². The third-order valence-electron chi connectivity index (χ3n) is 3.58. The fourth-order valence-electron chi connectivity index (χ4n) is 2.47. The number of aromatic nitrogens is 3. The molecule has 2 aromatic heterocycles. The highest BCUT2D eigenvalue weighted by molar-refractivity contribution is 5.53. The highest BCUT2D eigenvalue weighted by atomic mass is 16.5. The summed E-state index contributed by atoms with van der Waals surface area (Å²) in [6.45, 7) is 4.72. The highest BCUT2D eigenvalue weighted by Gasteiger charge is 2.21. The molecule has 0 radical (unpaired) electrons. The Morgan fingerprint density at radius 3 is 2.95 bits per heavy atom. The predicted octanol–water partition coefficient (Wildman–Crippen LogP) is 1.18. The van der Waals surface area contributed by atoms with Crippen molar-refractivity contribution >= 4 is 0 Å². The molecule has 0 bridgehead atoms. The van der Waals surface area contributed by atoms with Gasteiger partial charge in [-0.2, -0.15) is 0 Å². The van der Waals surface area contributed by atoms with Crippen LogP contribution in [0.5, 0.6) is 0 Å². The molecule has 6 heteroatoms. The number of nitrogens with zero attached hydrogens (tertiary/aromatic N) is 3. The first-order valence-electron chi connectivity index (χ1n) is 7.10. The number of fused-ring (bicyclic) bond motifs is 1. The van der Waals surface area contributed by atoms with Crippen LogP contribution in [0.1, 0.15) is 18.2 Å². The lowest BCUT2D eigenvalue weighted by molar-refractivity contribution is 0.0269. The van der Waals surface area contributed by atoms with E-state index in [0.717, 1.165) is 23.4 Å². The molecule has 3 rings (SSSR count). The maximum Gasteiger partial charge on any atom is 0.254 e. The average molecular weight is 286 g/mol. The van der Waals surface area contributed by atoms with Gasteiger partial charge in [0.2, 0.25) is 0 Å². The van der Waals surface area contributed by atoms with E-state index in [4.69, 9.17) is 4.74 Å². The van der Waals surface area contributed by atoms with Crippen molar-refractivity contribution in [2.45, 2.75) is 19.9 Å². The minimum atomic E-state index is -0.0390. The molecular formula is C15H18N4O2. The Morgan fingerprint density at radius 2 is 2.19 bits per heavy atom. The summed E-state index contributed by atoms with van der Waals surface area (Å²) in [6, 6.07) is 3.68. The number of nitrogens with one attached hydrogen (secondary N) is 1. The van der Waals surface area contributed by atoms with E-state index < -0.39 is 0 Å². The zero-order valence-electron chi connectivity index (χ0n) is 12.0. The summed E-state index contributed by atoms with van der Waals surface area (Å²) in [5, 5.41) is 0. The number of H-pyrrole nitrogens is 1. The van der Waals surface area contributed by atoms with Gasteiger partial charge in [-0.1, -0.05) is 0 Å². The standard InChI is InChI=1S/C15H18N4O2/c1-2-21-10-19-8-5-12-13(9-19)17-14(18-15(12)20)11-3-6-16-7-4-11/h3-4,6-7H,2,5,8-10H2,1H3,(H,17,18,20). The van der Waals surface area contributed by atoms with Gasteiger partial charge in [-0.15, -0.1) is 0 Å². The molecule has 110 valence electrons. The van der Waals surface area contributed by atoms with Gasteiger partial charge in [-0.3, -0.25) is 14.7 Å². The van der Waals surface area contributed by atoms with Crippen LogP contribution in [0.3, 0.4) is 0 Å². The molecule has 6 nitrogen and oxygen atoms in total. The number of ether oxygens (including phenoxy) is 1. The van der Waals surface area contributed by atoms with Crippen LogP contribution < -0.4 is 5.56 Å². The first kappa shape index (κ1) is 13.9. The minimum absolute atomic E-state index is 0.0390. The Kier molecular flexibility index (Phi) is 4.08. The summed E-state index contributed by atoms with van der Waals surface area (Å²) in [7, 11) is 0. The molecule has 3 heterocycles. The second kappa shape index (κ2) is 6.15. The van der Waals surface area contributed by atoms with Crippen molar-refractivity contribution in [3.05, 3.63) is 46.1 Å². The van der Waals surface area contributed by atoms with E-state index in [9.17, 15) is 4.79 Å². The van der Waals surface area contributed by atoms with Crippen LogP contribution in [0, 0.1) is 0 Å². The fraction of sp³-hybridized carbons (Fsp3) is 0.400. The third kappa shape index (κ3) is 3.01. The Hall–Kier alpha value is -2.05. The van der Waals surface area contributed by atoms with Gasteiger partial charge >= 0.3 is 0 Å². The number of hydrogen-bond donors (Lipinski definition) is 1. The second-order valence-electron chi connectivity index (χ2n) is 5.00. The van der Waals surface area contributed by atoms with Gasteiger partial charge in [-0.25, -0.2) is 4.98 Å². The average Bonchev–Trinajstić information content (AvgIpc) is 2.53. The molecule has 0 amide bonds. The number of aromatic amines is 1. The monoisotopic (exact) mass is 286 g/mol. The van der Waals surface area contributed by atoms with Crippen LogP contribution in [-0.4, -0.2) is 39.7 Å². The van der Waals surface area contributed by atoms with E-state index in [1.165, 1.54) is 0 Å². The van der Waals surface area contributed by atoms with Gasteiger partial charge in [0.1, 0.15) is 5.82 Å². The minimum Gasteiger partial charge on any atom is -0.366 e. The summed E-state index contributed by atoms with van der Waals surface area (Å²) in [5.74, 6) is 0.597. The SMILES string of the molecule is CCOCN1CCc2c(nc(-c3ccncc3)[nH]c2=O)C1. The molecular weight excluding hydrogens is 268 g/mol. The first-order chi connectivity index (χ1) is 10.3. The largest absolute Gasteiger partial charge is 0.366 e. The lowest BCUT2D eigenvalue weighted by atomic mass is 10.1. The zero-order valence-corrected chi connectivity index (χ0v) is 12.0. The van der Waals surface area contributed by atoms with E-state index in [0.29, 0.717) is 32.1 Å². The van der Waals surface area contributed by atoms with Crippen molar-refractivity contribution in [1.82, 2.24) is 19.9 Å². The van der Waals surface area contributed by atoms with Gasteiger partial charge in [0.25, 0.3) is 5.56 Å². The molecule has 0 atom stereocenters. The van der Waals surface area contributed by atoms with Crippen molar-refractivity contribution in [2.24, 2.45) is 0 Å². The molecule has 0 fully saturated rings. The van der Waals surface area contributed by atoms with E-state index in [2.05, 4.69) is 19.9 Å². The van der Waals surface area contributed by atoms with Gasteiger partial charge in [0, 0.05) is 43.2 Å². The zero-order chi connectivity index (χ0) is 14.7. The lowest BCUT2D eigenvalue weighted by Crippen LogP contribution is -2.36. The second-order valence-corrected chi connectivity index (χ2v) is 5.00. The highest BCUT2D eigenvalue weighted by Crippen LogP contribution is 2.18. The number of pyridine rings is 1. The molecule has 1 N–H and O–H groups in total. The topological polar surface area (TPSA) is 71.1 Å². The van der Waals surface area contributed by atoms with Crippen LogP contribution in [0.25, 0.3) is 11.4 Å². The smallest absolute Gasteiger partial charge is 0.254 e. The Morgan fingerprint density at radius 1 is 1.38 bits per heavy atom.